The second-order valence-corrected chi connectivity index (χ2v) is 11.4. The Morgan fingerprint density at radius 1 is 0.420 bits per heavy atom. The Bertz CT molecular complexity index is 2320. The molecule has 0 bridgehead atoms. The molecule has 0 fully saturated rings. The number of halogens is 3. The van der Waals surface area contributed by atoms with E-state index < -0.39 is 0 Å². The van der Waals surface area contributed by atoms with Gasteiger partial charge in [-0.15, -0.1) is 0 Å². The molecule has 8 nitrogen and oxygen atoms in total. The first-order valence-electron chi connectivity index (χ1n) is 15.2. The molecule has 6 aromatic carbocycles. The number of nitrogens with zero attached hydrogens (tertiary/aromatic N) is 6. The molecule has 0 amide bonds. The van der Waals surface area contributed by atoms with Crippen molar-refractivity contribution in [2.24, 2.45) is 0 Å². The molecular weight excluding hydrogens is 690 g/mol. The molecule has 0 saturated heterocycles. The molecule has 12 heteroatoms. The van der Waals surface area contributed by atoms with Crippen molar-refractivity contribution in [3.8, 4) is 39.9 Å². The zero-order chi connectivity index (χ0) is 34.7. The Hall–Kier alpha value is -5.45. The highest BCUT2D eigenvalue weighted by atomic mass is 35.5. The quantitative estimate of drug-likeness (QED) is 0.176. The fourth-order valence-electron chi connectivity index (χ4n) is 5.00. The van der Waals surface area contributed by atoms with Gasteiger partial charge in [-0.1, -0.05) is 140 Å². The standard InChI is InChI=1S/C19H12ClN3.C10H8BO2.C9H5Cl2N3/c20-19-22-17(14-8-2-1-3-9-14)21-18(23-19)16-12-6-10-13-7-4-5-11-15(13)16;12-11-13-10-7-3-5-8-4-1-2-6-9(8)10;10-8-12-7(13-9(11)14-8)6-4-2-1-3-5-6/h1-12H;1-7,12H;1-5H. The van der Waals surface area contributed by atoms with Crippen LogP contribution in [0.3, 0.4) is 0 Å². The van der Waals surface area contributed by atoms with E-state index in [1.165, 1.54) is 0 Å². The van der Waals surface area contributed by atoms with Gasteiger partial charge in [-0.3, -0.25) is 0 Å². The summed E-state index contributed by atoms with van der Waals surface area (Å²) in [4.78, 5) is 24.8. The summed E-state index contributed by atoms with van der Waals surface area (Å²) in [6.45, 7) is 0. The van der Waals surface area contributed by atoms with Crippen molar-refractivity contribution in [2.75, 3.05) is 0 Å². The second kappa shape index (κ2) is 16.8. The first-order valence-corrected chi connectivity index (χ1v) is 16.3. The van der Waals surface area contributed by atoms with Crippen LogP contribution in [0, 0.1) is 0 Å². The highest BCUT2D eigenvalue weighted by molar-refractivity contribution is 6.31. The van der Waals surface area contributed by atoms with Crippen LogP contribution in [0.15, 0.2) is 146 Å². The van der Waals surface area contributed by atoms with Gasteiger partial charge in [0, 0.05) is 22.1 Å². The molecule has 0 spiro atoms. The first-order chi connectivity index (χ1) is 24.5. The molecule has 0 aliphatic rings. The van der Waals surface area contributed by atoms with Crippen molar-refractivity contribution in [3.63, 3.8) is 0 Å². The van der Waals surface area contributed by atoms with Crippen molar-refractivity contribution in [1.29, 1.82) is 0 Å². The number of fused-ring (bicyclic) bond motifs is 2. The Morgan fingerprint density at radius 3 is 1.46 bits per heavy atom. The van der Waals surface area contributed by atoms with Crippen LogP contribution in [0.1, 0.15) is 0 Å². The van der Waals surface area contributed by atoms with Crippen molar-refractivity contribution in [2.45, 2.75) is 0 Å². The van der Waals surface area contributed by atoms with E-state index in [0.29, 0.717) is 30.9 Å². The van der Waals surface area contributed by atoms with Crippen LogP contribution in [0.2, 0.25) is 15.9 Å². The third-order valence-electron chi connectivity index (χ3n) is 7.21. The van der Waals surface area contributed by atoms with Gasteiger partial charge in [-0.05, 0) is 57.0 Å². The Labute approximate surface area is 303 Å². The van der Waals surface area contributed by atoms with E-state index in [2.05, 4.69) is 48.1 Å². The summed E-state index contributed by atoms with van der Waals surface area (Å²) >= 11 is 17.4. The van der Waals surface area contributed by atoms with Gasteiger partial charge in [-0.25, -0.2) is 4.98 Å². The molecule has 0 aliphatic heterocycles. The molecule has 0 saturated carbocycles. The van der Waals surface area contributed by atoms with Gasteiger partial charge in [-0.2, -0.15) is 24.9 Å². The van der Waals surface area contributed by atoms with Crippen LogP contribution < -0.4 is 4.65 Å². The molecule has 50 heavy (non-hydrogen) atoms. The zero-order valence-electron chi connectivity index (χ0n) is 26.1. The van der Waals surface area contributed by atoms with Gasteiger partial charge in [0.2, 0.25) is 15.9 Å². The largest absolute Gasteiger partial charge is 0.569 e. The van der Waals surface area contributed by atoms with Crippen LogP contribution in [-0.2, 0) is 0 Å². The lowest BCUT2D eigenvalue weighted by molar-refractivity contribution is 0.457. The number of rotatable bonds is 5. The van der Waals surface area contributed by atoms with Crippen molar-refractivity contribution >= 4 is 64.0 Å². The SMILES string of the molecule is Clc1nc(-c2ccccc2)nc(-c2cccc3ccccc23)n1.Clc1nc(Cl)nc(-c2ccccc2)n1.O[B]Oc1cccc2ccccc12. The van der Waals surface area contributed by atoms with E-state index in [1.807, 2.05) is 127 Å². The number of hydrogen-bond acceptors (Lipinski definition) is 8. The normalized spacial score (nSPS) is 10.4. The van der Waals surface area contributed by atoms with E-state index in [-0.39, 0.29) is 15.9 Å². The lowest BCUT2D eigenvalue weighted by Crippen LogP contribution is -1.99. The predicted octanol–water partition coefficient (Wildman–Crippen LogP) is 9.60. The van der Waals surface area contributed by atoms with E-state index >= 15 is 0 Å². The second-order valence-electron chi connectivity index (χ2n) is 10.4. The van der Waals surface area contributed by atoms with Crippen LogP contribution in [-0.4, -0.2) is 42.6 Å². The smallest absolute Gasteiger partial charge is 0.537 e. The monoisotopic (exact) mass is 713 g/mol. The number of aromatic nitrogens is 6. The lowest BCUT2D eigenvalue weighted by atomic mass is 10.0. The average molecular weight is 715 g/mol. The molecule has 2 heterocycles. The molecule has 0 aliphatic carbocycles. The minimum atomic E-state index is 0.101. The summed E-state index contributed by atoms with van der Waals surface area (Å²) in [6.07, 6.45) is 0. The first kappa shape index (κ1) is 34.4. The maximum atomic E-state index is 8.53. The third-order valence-corrected chi connectivity index (χ3v) is 7.72. The Balaban J connectivity index is 0.000000138. The fraction of sp³-hybridized carbons (Fsp3) is 0. The lowest BCUT2D eigenvalue weighted by Gasteiger charge is -2.07. The minimum Gasteiger partial charge on any atom is -0.537 e. The van der Waals surface area contributed by atoms with Crippen LogP contribution in [0.5, 0.6) is 5.75 Å². The summed E-state index contributed by atoms with van der Waals surface area (Å²) in [6, 6.07) is 47.0. The van der Waals surface area contributed by atoms with E-state index in [9.17, 15) is 0 Å². The summed E-state index contributed by atoms with van der Waals surface area (Å²) < 4.78 is 4.95. The van der Waals surface area contributed by atoms with E-state index in [0.717, 1.165) is 38.2 Å². The molecule has 0 atom stereocenters. The average Bonchev–Trinajstić information content (AvgIpc) is 3.15. The van der Waals surface area contributed by atoms with Crippen molar-refractivity contribution < 1.29 is 9.68 Å². The molecular formula is C38H25BCl3N6O2. The summed E-state index contributed by atoms with van der Waals surface area (Å²) in [5.41, 5.74) is 2.72. The fourth-order valence-corrected chi connectivity index (χ4v) is 5.53. The Kier molecular flexibility index (Phi) is 11.6. The maximum Gasteiger partial charge on any atom is 0.569 e. The molecule has 0 unspecified atom stereocenters. The van der Waals surface area contributed by atoms with Crippen LogP contribution >= 0.6 is 34.8 Å². The highest BCUT2D eigenvalue weighted by Crippen LogP contribution is 2.28. The van der Waals surface area contributed by atoms with Gasteiger partial charge in [0.1, 0.15) is 5.75 Å². The van der Waals surface area contributed by atoms with Gasteiger partial charge < -0.3 is 9.68 Å². The minimum absolute atomic E-state index is 0.101. The zero-order valence-corrected chi connectivity index (χ0v) is 28.4. The van der Waals surface area contributed by atoms with Gasteiger partial charge in [0.05, 0.1) is 0 Å². The summed E-state index contributed by atoms with van der Waals surface area (Å²) in [5.74, 6) is 2.31. The summed E-state index contributed by atoms with van der Waals surface area (Å²) in [5, 5.41) is 13.3. The molecule has 1 radical (unpaired) electrons. The van der Waals surface area contributed by atoms with Crippen molar-refractivity contribution in [1.82, 2.24) is 29.9 Å². The maximum absolute atomic E-state index is 8.53. The number of hydrogen-bond donors (Lipinski definition) is 1. The van der Waals surface area contributed by atoms with E-state index in [4.69, 9.17) is 44.5 Å². The van der Waals surface area contributed by atoms with Crippen LogP contribution in [0.4, 0.5) is 0 Å². The molecule has 8 aromatic rings. The Morgan fingerprint density at radius 2 is 0.860 bits per heavy atom. The number of benzene rings is 6. The topological polar surface area (TPSA) is 107 Å². The van der Waals surface area contributed by atoms with Gasteiger partial charge in [0.25, 0.3) is 0 Å². The molecule has 243 valence electrons. The van der Waals surface area contributed by atoms with Gasteiger partial charge in [0.15, 0.2) is 17.5 Å². The highest BCUT2D eigenvalue weighted by Gasteiger charge is 2.11. The summed E-state index contributed by atoms with van der Waals surface area (Å²) in [7, 11) is 0.696. The molecule has 2 aromatic heterocycles. The van der Waals surface area contributed by atoms with E-state index in [1.54, 1.807) is 0 Å². The molecule has 8 rings (SSSR count). The third kappa shape index (κ3) is 8.77. The van der Waals surface area contributed by atoms with Crippen LogP contribution in [0.25, 0.3) is 55.7 Å². The molecule has 1 N–H and O–H groups in total. The van der Waals surface area contributed by atoms with Gasteiger partial charge >= 0.3 is 7.69 Å². The predicted molar refractivity (Wildman–Crippen MR) is 201 cm³/mol. The van der Waals surface area contributed by atoms with Crippen molar-refractivity contribution in [3.05, 3.63) is 161 Å².